The zero-order valence-electron chi connectivity index (χ0n) is 19.1. The first-order chi connectivity index (χ1) is 16.6. The van der Waals surface area contributed by atoms with Gasteiger partial charge in [-0.05, 0) is 30.2 Å². The van der Waals surface area contributed by atoms with E-state index in [1.165, 1.54) is 6.07 Å². The third-order valence-corrected chi connectivity index (χ3v) is 7.42. The predicted molar refractivity (Wildman–Crippen MR) is 133 cm³/mol. The fourth-order valence-electron chi connectivity index (χ4n) is 3.46. The number of benzene rings is 3. The lowest BCUT2D eigenvalue weighted by atomic mass is 10.1. The summed E-state index contributed by atoms with van der Waals surface area (Å²) in [7, 11) is -1.98. The lowest BCUT2D eigenvalue weighted by Gasteiger charge is -2.27. The second-order valence-electron chi connectivity index (χ2n) is 8.02. The molecule has 0 saturated heterocycles. The maximum Gasteiger partial charge on any atom is 0.417 e. The Kier molecular flexibility index (Phi) is 9.44. The Bertz CT molecular complexity index is 1190. The second kappa shape index (κ2) is 12.1. The van der Waals surface area contributed by atoms with Crippen molar-refractivity contribution in [2.24, 2.45) is 0 Å². The number of alkyl halides is 3. The summed E-state index contributed by atoms with van der Waals surface area (Å²) in [6, 6.07) is 20.0. The highest BCUT2D eigenvalue weighted by molar-refractivity contribution is 7.89. The van der Waals surface area contributed by atoms with E-state index in [1.807, 2.05) is 31.2 Å². The highest BCUT2D eigenvalue weighted by Gasteiger charge is 2.38. The van der Waals surface area contributed by atoms with Crippen LogP contribution in [0.15, 0.2) is 83.8 Å². The van der Waals surface area contributed by atoms with Gasteiger partial charge in [0.1, 0.15) is 0 Å². The van der Waals surface area contributed by atoms with Crippen LogP contribution in [0, 0.1) is 6.92 Å². The zero-order valence-corrected chi connectivity index (χ0v) is 21.1. The molecule has 5 nitrogen and oxygen atoms in total. The average Bonchev–Trinajstić information content (AvgIpc) is 2.83. The molecule has 0 aliphatic carbocycles. The van der Waals surface area contributed by atoms with Gasteiger partial charge < -0.3 is 10.1 Å². The number of rotatable bonds is 11. The summed E-state index contributed by atoms with van der Waals surface area (Å²) >= 11 is 0. The molecule has 35 heavy (non-hydrogen) atoms. The van der Waals surface area contributed by atoms with Gasteiger partial charge in [-0.2, -0.15) is 13.2 Å². The number of nitrogens with one attached hydrogen (secondary N) is 2. The molecule has 3 atom stereocenters. The molecule has 188 valence electrons. The molecule has 10 heteroatoms. The fourth-order valence-corrected chi connectivity index (χ4v) is 5.56. The van der Waals surface area contributed by atoms with Crippen LogP contribution in [0.2, 0.25) is 0 Å². The fraction of sp³-hybridized carbons (Fsp3) is 0.280. The Hall–Kier alpha value is -2.29. The molecule has 0 aliphatic rings. The standard InChI is InChI=1S/C25H28F3N2O3PS/c1-18-11-13-19(14-12-18)17-33-16-15-29-24(34)23(20-7-3-2-4-8-20)30-35(31,32)22-10-6-5-9-21(22)25(26,27)28/h2-14,23-24,29-30H,15-17,34H2,1H3/t23?,24-/m1/s1. The van der Waals surface area contributed by atoms with Gasteiger partial charge in [-0.25, -0.2) is 13.1 Å². The quantitative estimate of drug-likeness (QED) is 0.273. The Balaban J connectivity index is 1.70. The predicted octanol–water partition coefficient (Wildman–Crippen LogP) is 5.04. The van der Waals surface area contributed by atoms with Gasteiger partial charge in [-0.15, -0.1) is 9.24 Å². The first-order valence-electron chi connectivity index (χ1n) is 10.9. The highest BCUT2D eigenvalue weighted by Crippen LogP contribution is 2.35. The highest BCUT2D eigenvalue weighted by atomic mass is 32.2. The first-order valence-corrected chi connectivity index (χ1v) is 13.1. The van der Waals surface area contributed by atoms with Crippen molar-refractivity contribution in [1.29, 1.82) is 0 Å². The molecule has 3 aromatic rings. The summed E-state index contributed by atoms with van der Waals surface area (Å²) in [5.74, 6) is -0.520. The van der Waals surface area contributed by atoms with Gasteiger partial charge in [-0.1, -0.05) is 72.3 Å². The van der Waals surface area contributed by atoms with E-state index in [0.717, 1.165) is 29.3 Å². The van der Waals surface area contributed by atoms with Gasteiger partial charge in [0, 0.05) is 12.3 Å². The van der Waals surface area contributed by atoms with E-state index in [1.54, 1.807) is 30.3 Å². The van der Waals surface area contributed by atoms with Gasteiger partial charge in [-0.3, -0.25) is 0 Å². The SMILES string of the molecule is Cc1ccc(COCCN[C@H](P)C(NS(=O)(=O)c2ccccc2C(F)(F)F)c2ccccc2)cc1. The Morgan fingerprint density at radius 2 is 1.57 bits per heavy atom. The molecule has 0 bridgehead atoms. The number of ether oxygens (including phenoxy) is 1. The minimum absolute atomic E-state index is 0.365. The van der Waals surface area contributed by atoms with Crippen LogP contribution < -0.4 is 10.0 Å². The van der Waals surface area contributed by atoms with Crippen LogP contribution in [0.3, 0.4) is 0 Å². The van der Waals surface area contributed by atoms with Crippen LogP contribution >= 0.6 is 9.24 Å². The van der Waals surface area contributed by atoms with Crippen molar-refractivity contribution in [1.82, 2.24) is 10.0 Å². The first kappa shape index (κ1) is 27.3. The molecule has 3 rings (SSSR count). The van der Waals surface area contributed by atoms with E-state index in [0.29, 0.717) is 25.3 Å². The molecule has 0 saturated carbocycles. The summed E-state index contributed by atoms with van der Waals surface area (Å²) in [6.07, 6.45) is -4.80. The van der Waals surface area contributed by atoms with E-state index in [2.05, 4.69) is 19.3 Å². The Morgan fingerprint density at radius 1 is 0.943 bits per heavy atom. The summed E-state index contributed by atoms with van der Waals surface area (Å²) in [5.41, 5.74) is 1.59. The summed E-state index contributed by atoms with van der Waals surface area (Å²) in [5, 5.41) is 3.18. The molecular formula is C25H28F3N2O3PS. The topological polar surface area (TPSA) is 67.4 Å². The maximum atomic E-state index is 13.5. The summed E-state index contributed by atoms with van der Waals surface area (Å²) in [4.78, 5) is -0.813. The van der Waals surface area contributed by atoms with E-state index in [9.17, 15) is 21.6 Å². The van der Waals surface area contributed by atoms with Gasteiger partial charge in [0.25, 0.3) is 0 Å². The van der Waals surface area contributed by atoms with Crippen LogP contribution in [0.25, 0.3) is 0 Å². The largest absolute Gasteiger partial charge is 0.417 e. The Morgan fingerprint density at radius 3 is 2.23 bits per heavy atom. The molecule has 3 aromatic carbocycles. The van der Waals surface area contributed by atoms with Gasteiger partial charge in [0.2, 0.25) is 10.0 Å². The third-order valence-electron chi connectivity index (χ3n) is 5.30. The summed E-state index contributed by atoms with van der Waals surface area (Å²) in [6.45, 7) is 3.22. The Labute approximate surface area is 206 Å². The number of hydrogen-bond acceptors (Lipinski definition) is 4. The smallest absolute Gasteiger partial charge is 0.375 e. The number of aryl methyl sites for hydroxylation is 1. The van der Waals surface area contributed by atoms with Gasteiger partial charge >= 0.3 is 6.18 Å². The van der Waals surface area contributed by atoms with Crippen molar-refractivity contribution in [3.63, 3.8) is 0 Å². The minimum atomic E-state index is -4.80. The molecule has 2 unspecified atom stereocenters. The molecule has 0 amide bonds. The molecular weight excluding hydrogens is 496 g/mol. The lowest BCUT2D eigenvalue weighted by molar-refractivity contribution is -0.139. The van der Waals surface area contributed by atoms with Crippen molar-refractivity contribution < 1.29 is 26.3 Å². The number of sulfonamides is 1. The van der Waals surface area contributed by atoms with E-state index in [4.69, 9.17) is 4.74 Å². The lowest BCUT2D eigenvalue weighted by Crippen LogP contribution is -2.42. The van der Waals surface area contributed by atoms with Crippen molar-refractivity contribution >= 4 is 19.3 Å². The van der Waals surface area contributed by atoms with Crippen molar-refractivity contribution in [3.8, 4) is 0 Å². The second-order valence-corrected chi connectivity index (χ2v) is 10.4. The van der Waals surface area contributed by atoms with Crippen molar-refractivity contribution in [2.75, 3.05) is 13.2 Å². The van der Waals surface area contributed by atoms with E-state index in [-0.39, 0.29) is 0 Å². The van der Waals surface area contributed by atoms with Crippen molar-refractivity contribution in [3.05, 3.63) is 101 Å². The van der Waals surface area contributed by atoms with Gasteiger partial charge in [0.05, 0.1) is 29.7 Å². The average molecular weight is 525 g/mol. The van der Waals surface area contributed by atoms with Crippen LogP contribution in [0.1, 0.15) is 28.3 Å². The minimum Gasteiger partial charge on any atom is -0.375 e. The van der Waals surface area contributed by atoms with Crippen LogP contribution in [0.4, 0.5) is 13.2 Å². The molecule has 0 fully saturated rings. The molecule has 2 N–H and O–H groups in total. The van der Waals surface area contributed by atoms with Crippen LogP contribution in [0.5, 0.6) is 0 Å². The van der Waals surface area contributed by atoms with Crippen molar-refractivity contribution in [2.45, 2.75) is 36.4 Å². The molecule has 0 radical (unpaired) electrons. The molecule has 0 aliphatic heterocycles. The molecule has 0 aromatic heterocycles. The van der Waals surface area contributed by atoms with Crippen LogP contribution in [-0.2, 0) is 27.5 Å². The van der Waals surface area contributed by atoms with Crippen LogP contribution in [-0.4, -0.2) is 27.4 Å². The van der Waals surface area contributed by atoms with E-state index < -0.39 is 38.5 Å². The number of hydrogen-bond donors (Lipinski definition) is 2. The number of halogens is 3. The summed E-state index contributed by atoms with van der Waals surface area (Å²) < 4.78 is 74.7. The molecule has 0 spiro atoms. The maximum absolute atomic E-state index is 13.5. The zero-order chi connectivity index (χ0) is 25.5. The third kappa shape index (κ3) is 7.85. The normalized spacial score (nSPS) is 14.0. The monoisotopic (exact) mass is 524 g/mol. The van der Waals surface area contributed by atoms with E-state index >= 15 is 0 Å². The van der Waals surface area contributed by atoms with Gasteiger partial charge in [0.15, 0.2) is 0 Å². The molecule has 0 heterocycles.